The molecule has 0 aliphatic carbocycles. The van der Waals surface area contributed by atoms with Gasteiger partial charge in [-0.1, -0.05) is 38.7 Å². The number of carbonyl (C=O) groups excluding carboxylic acids is 2. The number of fused-ring (bicyclic) bond motifs is 6. The van der Waals surface area contributed by atoms with Gasteiger partial charge in [-0.05, 0) is 42.8 Å². The van der Waals surface area contributed by atoms with Crippen LogP contribution in [-0.4, -0.2) is 127 Å². The monoisotopic (exact) mass is 797 g/mol. The largest absolute Gasteiger partial charge is 0.462 e. The fourth-order valence-electron chi connectivity index (χ4n) is 7.62. The van der Waals surface area contributed by atoms with Crippen molar-refractivity contribution in [3.05, 3.63) is 76.9 Å². The van der Waals surface area contributed by atoms with E-state index in [1.807, 2.05) is 0 Å². The lowest BCUT2D eigenvalue weighted by Crippen LogP contribution is -2.60. The van der Waals surface area contributed by atoms with Crippen LogP contribution in [0, 0.1) is 0 Å². The lowest BCUT2D eigenvalue weighted by molar-refractivity contribution is -0.277. The Bertz CT molecular complexity index is 1850. The summed E-state index contributed by atoms with van der Waals surface area (Å²) in [7, 11) is 0. The second-order valence-electron chi connectivity index (χ2n) is 14.6. The number of aliphatic hydroxyl groups is 8. The van der Waals surface area contributed by atoms with Gasteiger partial charge < -0.3 is 74.6 Å². The number of nitrogens with one attached hydrogen (secondary N) is 1. The number of amides is 1. The first-order valence-electron chi connectivity index (χ1n) is 19.0. The fraction of sp³-hybridized carbons (Fsp3) is 0.500. The number of unbranched alkanes of at least 4 members (excludes halogenated alkanes) is 4. The van der Waals surface area contributed by atoms with E-state index in [9.17, 15) is 50.4 Å². The maximum atomic E-state index is 13.8. The summed E-state index contributed by atoms with van der Waals surface area (Å²) >= 11 is 0. The molecule has 308 valence electrons. The molecule has 0 unspecified atom stereocenters. The average molecular weight is 798 g/mol. The molecule has 4 aliphatic heterocycles. The van der Waals surface area contributed by atoms with Gasteiger partial charge in [0.1, 0.15) is 71.8 Å². The second kappa shape index (κ2) is 16.8. The van der Waals surface area contributed by atoms with Crippen LogP contribution in [0.2, 0.25) is 0 Å². The summed E-state index contributed by atoms with van der Waals surface area (Å²) in [6.07, 6.45) is -10.2. The van der Waals surface area contributed by atoms with Gasteiger partial charge in [0.25, 0.3) is 0 Å². The minimum atomic E-state index is -1.70. The molecule has 3 aromatic carbocycles. The van der Waals surface area contributed by atoms with E-state index in [0.29, 0.717) is 28.8 Å². The maximum absolute atomic E-state index is 13.8. The maximum Gasteiger partial charge on any atom is 0.340 e. The van der Waals surface area contributed by atoms with Crippen molar-refractivity contribution in [2.24, 2.45) is 0 Å². The molecule has 10 atom stereocenters. The summed E-state index contributed by atoms with van der Waals surface area (Å²) in [5.74, 6) is -0.548. The average Bonchev–Trinajstić information content (AvgIpc) is 3.49. The Morgan fingerprint density at radius 3 is 1.74 bits per heavy atom. The van der Waals surface area contributed by atoms with Crippen molar-refractivity contribution < 1.29 is 78.9 Å². The van der Waals surface area contributed by atoms with Crippen LogP contribution in [-0.2, 0) is 24.6 Å². The molecule has 0 aromatic heterocycles. The zero-order valence-corrected chi connectivity index (χ0v) is 31.0. The van der Waals surface area contributed by atoms with E-state index in [4.69, 9.17) is 28.4 Å². The van der Waals surface area contributed by atoms with Gasteiger partial charge in [0.15, 0.2) is 5.60 Å². The van der Waals surface area contributed by atoms with E-state index in [1.54, 1.807) is 30.3 Å². The van der Waals surface area contributed by atoms with Crippen molar-refractivity contribution in [1.82, 2.24) is 0 Å². The highest BCUT2D eigenvalue weighted by Crippen LogP contribution is 2.57. The van der Waals surface area contributed by atoms with E-state index in [2.05, 4.69) is 12.2 Å². The van der Waals surface area contributed by atoms with Crippen molar-refractivity contribution >= 4 is 17.6 Å². The molecular formula is C40H47NO16. The van der Waals surface area contributed by atoms with Gasteiger partial charge in [-0.3, -0.25) is 4.79 Å². The van der Waals surface area contributed by atoms with Crippen molar-refractivity contribution in [2.45, 2.75) is 112 Å². The van der Waals surface area contributed by atoms with Gasteiger partial charge in [-0.25, -0.2) is 4.79 Å². The molecule has 1 amide bonds. The predicted molar refractivity (Wildman–Crippen MR) is 195 cm³/mol. The molecule has 2 saturated heterocycles. The topological polar surface area (TPSA) is 263 Å². The normalized spacial score (nSPS) is 29.7. The zero-order valence-electron chi connectivity index (χ0n) is 31.0. The van der Waals surface area contributed by atoms with Crippen molar-refractivity contribution in [3.8, 4) is 23.0 Å². The van der Waals surface area contributed by atoms with Crippen LogP contribution in [0.15, 0.2) is 54.6 Å². The Balaban J connectivity index is 1.23. The molecular weight excluding hydrogens is 750 g/mol. The van der Waals surface area contributed by atoms with Gasteiger partial charge in [0.05, 0.1) is 18.8 Å². The summed E-state index contributed by atoms with van der Waals surface area (Å²) < 4.78 is 35.4. The first kappa shape index (κ1) is 40.8. The van der Waals surface area contributed by atoms with Crippen molar-refractivity contribution in [1.29, 1.82) is 0 Å². The van der Waals surface area contributed by atoms with Crippen molar-refractivity contribution in [2.75, 3.05) is 18.5 Å². The molecule has 7 rings (SSSR count). The molecule has 4 aliphatic rings. The van der Waals surface area contributed by atoms with Crippen molar-refractivity contribution in [3.63, 3.8) is 0 Å². The van der Waals surface area contributed by atoms with Crippen LogP contribution in [0.1, 0.15) is 72.5 Å². The molecule has 0 radical (unpaired) electrons. The number of anilines is 1. The Hall–Kier alpha value is -4.40. The highest BCUT2D eigenvalue weighted by Gasteiger charge is 2.54. The third-order valence-electron chi connectivity index (χ3n) is 10.7. The smallest absolute Gasteiger partial charge is 0.340 e. The predicted octanol–water partition coefficient (Wildman–Crippen LogP) is 0.911. The van der Waals surface area contributed by atoms with Crippen LogP contribution in [0.25, 0.3) is 0 Å². The minimum absolute atomic E-state index is 0.0581. The van der Waals surface area contributed by atoms with E-state index in [0.717, 1.165) is 32.1 Å². The number of esters is 1. The molecule has 17 heteroatoms. The molecule has 1 spiro atoms. The Morgan fingerprint density at radius 1 is 0.684 bits per heavy atom. The Labute approximate surface area is 326 Å². The zero-order chi connectivity index (χ0) is 40.6. The Kier molecular flexibility index (Phi) is 12.0. The lowest BCUT2D eigenvalue weighted by atomic mass is 9.77. The SMILES string of the molecule is CCCCCCCC(=O)Nc1ccc2c(c1)C(=O)OC21c2ccc(O[C@@H]3O[C@H](CO)[C@H](O)[C@H](O)[C@H]3O)cc2Oc2cc(O[C@@H]3O[C@H](CO)[C@H](O)[C@H](O)[C@H]3O)ccc21. The van der Waals surface area contributed by atoms with E-state index < -0.39 is 86.2 Å². The number of benzene rings is 3. The molecule has 4 heterocycles. The summed E-state index contributed by atoms with van der Waals surface area (Å²) in [6, 6.07) is 13.9. The third-order valence-corrected chi connectivity index (χ3v) is 10.7. The number of carbonyl (C=O) groups is 2. The summed E-state index contributed by atoms with van der Waals surface area (Å²) in [5, 5.41) is 84.5. The standard InChI is InChI=1S/C40H47NO16/c1-2-3-4-5-6-7-30(44)41-19-8-11-23-22(14-19)37(51)57-40(23)24-12-9-20(52-38-35(49)33(47)31(45)28(17-42)55-38)15-26(24)54-27-16-21(10-13-25(27)40)53-39-36(50)34(48)32(46)29(18-43)56-39/h8-16,28-29,31-36,38-39,42-43,45-50H,2-7,17-18H2,1H3,(H,41,44)/t28-,29-,31+,32+,33+,34+,35-,36-,38-,39-/m1/s1. The van der Waals surface area contributed by atoms with Crippen LogP contribution in [0.5, 0.6) is 23.0 Å². The minimum Gasteiger partial charge on any atom is -0.462 e. The highest BCUT2D eigenvalue weighted by molar-refractivity contribution is 5.99. The molecule has 0 saturated carbocycles. The summed E-state index contributed by atoms with van der Waals surface area (Å²) in [5.41, 5.74) is 0.0873. The van der Waals surface area contributed by atoms with Gasteiger partial charge >= 0.3 is 5.97 Å². The molecule has 57 heavy (non-hydrogen) atoms. The number of hydrogen-bond donors (Lipinski definition) is 9. The molecule has 17 nitrogen and oxygen atoms in total. The molecule has 2 fully saturated rings. The van der Waals surface area contributed by atoms with Gasteiger partial charge in [-0.2, -0.15) is 0 Å². The number of aliphatic hydroxyl groups excluding tert-OH is 8. The molecule has 0 bridgehead atoms. The van der Waals surface area contributed by atoms with Gasteiger partial charge in [-0.15, -0.1) is 0 Å². The summed E-state index contributed by atoms with van der Waals surface area (Å²) in [6.45, 7) is 0.785. The quantitative estimate of drug-likeness (QED) is 0.0860. The van der Waals surface area contributed by atoms with Gasteiger partial charge in [0, 0.05) is 40.9 Å². The lowest BCUT2D eigenvalue weighted by Gasteiger charge is -2.40. The number of hydrogen-bond acceptors (Lipinski definition) is 16. The first-order chi connectivity index (χ1) is 27.4. The van der Waals surface area contributed by atoms with E-state index in [1.165, 1.54) is 24.3 Å². The fourth-order valence-corrected chi connectivity index (χ4v) is 7.62. The van der Waals surface area contributed by atoms with Gasteiger partial charge in [0.2, 0.25) is 18.5 Å². The van der Waals surface area contributed by atoms with Crippen LogP contribution in [0.4, 0.5) is 5.69 Å². The number of rotatable bonds is 13. The van der Waals surface area contributed by atoms with E-state index >= 15 is 0 Å². The van der Waals surface area contributed by atoms with Crippen LogP contribution in [0.3, 0.4) is 0 Å². The molecule has 9 N–H and O–H groups in total. The second-order valence-corrected chi connectivity index (χ2v) is 14.6. The van der Waals surface area contributed by atoms with Crippen LogP contribution < -0.4 is 19.5 Å². The first-order valence-corrected chi connectivity index (χ1v) is 19.0. The van der Waals surface area contributed by atoms with Crippen LogP contribution >= 0.6 is 0 Å². The number of ether oxygens (including phenoxy) is 6. The summed E-state index contributed by atoms with van der Waals surface area (Å²) in [4.78, 5) is 26.6. The molecule has 3 aromatic rings. The highest BCUT2D eigenvalue weighted by atomic mass is 16.7. The van der Waals surface area contributed by atoms with E-state index in [-0.39, 0.29) is 34.5 Å². The Morgan fingerprint density at radius 2 is 1.21 bits per heavy atom. The third kappa shape index (κ3) is 7.68.